The van der Waals surface area contributed by atoms with Crippen LogP contribution >= 0.6 is 0 Å². The molecule has 0 unspecified atom stereocenters. The molecule has 1 aliphatic heterocycles. The average Bonchev–Trinajstić information content (AvgIpc) is 3.22. The maximum Gasteiger partial charge on any atom is 0.222 e. The van der Waals surface area contributed by atoms with Crippen molar-refractivity contribution in [2.24, 2.45) is 11.8 Å². The van der Waals surface area contributed by atoms with Gasteiger partial charge in [-0.1, -0.05) is 27.7 Å². The third kappa shape index (κ3) is 4.45. The van der Waals surface area contributed by atoms with Crippen LogP contribution in [-0.2, 0) is 4.79 Å². The molecule has 1 saturated heterocycles. The maximum atomic E-state index is 11.9. The second kappa shape index (κ2) is 6.90. The first kappa shape index (κ1) is 15.8. The van der Waals surface area contributed by atoms with Crippen LogP contribution in [0.15, 0.2) is 0 Å². The minimum absolute atomic E-state index is 0.0722. The molecule has 116 valence electrons. The summed E-state index contributed by atoms with van der Waals surface area (Å²) in [7, 11) is 0. The van der Waals surface area contributed by atoms with E-state index in [1.807, 2.05) is 13.8 Å². The smallest absolute Gasteiger partial charge is 0.222 e. The summed E-state index contributed by atoms with van der Waals surface area (Å²) in [5, 5.41) is 3.22. The van der Waals surface area contributed by atoms with Crippen LogP contribution in [-0.4, -0.2) is 60.5 Å². The lowest BCUT2D eigenvalue weighted by Crippen LogP contribution is -2.53. The van der Waals surface area contributed by atoms with E-state index in [1.165, 1.54) is 25.9 Å². The SMILES string of the molecule is CC(C)C(=O)N[C@@H](CN1CCN(C2CC2)CC1)C(C)C. The zero-order valence-corrected chi connectivity index (χ0v) is 13.6. The fourth-order valence-electron chi connectivity index (χ4n) is 2.80. The van der Waals surface area contributed by atoms with E-state index in [0.717, 1.165) is 25.7 Å². The summed E-state index contributed by atoms with van der Waals surface area (Å²) in [6.45, 7) is 14.0. The monoisotopic (exact) mass is 281 g/mol. The number of hydrogen-bond acceptors (Lipinski definition) is 3. The Kier molecular flexibility index (Phi) is 5.44. The Morgan fingerprint density at radius 3 is 2.15 bits per heavy atom. The predicted molar refractivity (Wildman–Crippen MR) is 82.6 cm³/mol. The van der Waals surface area contributed by atoms with Crippen molar-refractivity contribution in [1.82, 2.24) is 15.1 Å². The van der Waals surface area contributed by atoms with Gasteiger partial charge in [-0.2, -0.15) is 0 Å². The van der Waals surface area contributed by atoms with Crippen LogP contribution in [0.5, 0.6) is 0 Å². The summed E-state index contributed by atoms with van der Waals surface area (Å²) in [4.78, 5) is 17.1. The summed E-state index contributed by atoms with van der Waals surface area (Å²) in [6.07, 6.45) is 2.80. The molecule has 20 heavy (non-hydrogen) atoms. The third-order valence-corrected chi connectivity index (χ3v) is 4.58. The zero-order valence-electron chi connectivity index (χ0n) is 13.6. The highest BCUT2D eigenvalue weighted by Crippen LogP contribution is 2.27. The van der Waals surface area contributed by atoms with Gasteiger partial charge in [0.15, 0.2) is 0 Å². The molecule has 1 amide bonds. The Bertz CT molecular complexity index is 318. The number of hydrogen-bond donors (Lipinski definition) is 1. The summed E-state index contributed by atoms with van der Waals surface area (Å²) in [5.41, 5.74) is 0. The van der Waals surface area contributed by atoms with Crippen molar-refractivity contribution < 1.29 is 4.79 Å². The Hall–Kier alpha value is -0.610. The lowest BCUT2D eigenvalue weighted by molar-refractivity contribution is -0.125. The Balaban J connectivity index is 1.77. The van der Waals surface area contributed by atoms with Gasteiger partial charge in [0.2, 0.25) is 5.91 Å². The summed E-state index contributed by atoms with van der Waals surface area (Å²) in [6, 6.07) is 1.16. The first-order valence-corrected chi connectivity index (χ1v) is 8.24. The van der Waals surface area contributed by atoms with Gasteiger partial charge < -0.3 is 5.32 Å². The fourth-order valence-corrected chi connectivity index (χ4v) is 2.80. The largest absolute Gasteiger partial charge is 0.352 e. The molecule has 4 nitrogen and oxygen atoms in total. The molecule has 1 atom stereocenters. The lowest BCUT2D eigenvalue weighted by Gasteiger charge is -2.37. The van der Waals surface area contributed by atoms with E-state index in [-0.39, 0.29) is 17.9 Å². The van der Waals surface area contributed by atoms with Crippen molar-refractivity contribution in [3.8, 4) is 0 Å². The maximum absolute atomic E-state index is 11.9. The van der Waals surface area contributed by atoms with Crippen molar-refractivity contribution in [3.05, 3.63) is 0 Å². The van der Waals surface area contributed by atoms with E-state index in [9.17, 15) is 4.79 Å². The van der Waals surface area contributed by atoms with Gasteiger partial charge in [0.25, 0.3) is 0 Å². The van der Waals surface area contributed by atoms with Gasteiger partial charge in [-0.05, 0) is 18.8 Å². The van der Waals surface area contributed by atoms with E-state index < -0.39 is 0 Å². The minimum atomic E-state index is 0.0722. The molecule has 2 aliphatic rings. The first-order chi connectivity index (χ1) is 9.47. The Morgan fingerprint density at radius 1 is 1.10 bits per heavy atom. The highest BCUT2D eigenvalue weighted by atomic mass is 16.1. The molecule has 1 N–H and O–H groups in total. The Labute approximate surface area is 123 Å². The molecule has 0 bridgehead atoms. The molecule has 0 aromatic carbocycles. The van der Waals surface area contributed by atoms with E-state index >= 15 is 0 Å². The highest BCUT2D eigenvalue weighted by Gasteiger charge is 2.32. The topological polar surface area (TPSA) is 35.6 Å². The molecule has 2 fully saturated rings. The molecule has 4 heteroatoms. The van der Waals surface area contributed by atoms with Crippen LogP contribution in [0.25, 0.3) is 0 Å². The second-order valence-corrected chi connectivity index (χ2v) is 7.08. The number of carbonyl (C=O) groups is 1. The predicted octanol–water partition coefficient (Wildman–Crippen LogP) is 1.56. The summed E-state index contributed by atoms with van der Waals surface area (Å²) in [5.74, 6) is 0.738. The molecule has 0 spiro atoms. The zero-order chi connectivity index (χ0) is 14.7. The van der Waals surface area contributed by atoms with E-state index in [2.05, 4.69) is 29.0 Å². The molecule has 2 rings (SSSR count). The number of piperazine rings is 1. The van der Waals surface area contributed by atoms with Crippen molar-refractivity contribution in [3.63, 3.8) is 0 Å². The van der Waals surface area contributed by atoms with Crippen molar-refractivity contribution >= 4 is 5.91 Å². The third-order valence-electron chi connectivity index (χ3n) is 4.58. The van der Waals surface area contributed by atoms with Gasteiger partial charge in [-0.25, -0.2) is 0 Å². The number of amides is 1. The van der Waals surface area contributed by atoms with Gasteiger partial charge in [-0.15, -0.1) is 0 Å². The second-order valence-electron chi connectivity index (χ2n) is 7.08. The van der Waals surface area contributed by atoms with Crippen LogP contribution in [0.3, 0.4) is 0 Å². The van der Waals surface area contributed by atoms with E-state index in [4.69, 9.17) is 0 Å². The molecule has 0 aromatic rings. The van der Waals surface area contributed by atoms with Crippen LogP contribution in [0.1, 0.15) is 40.5 Å². The standard InChI is InChI=1S/C16H31N3O/c1-12(2)15(17-16(20)13(3)4)11-18-7-9-19(10-8-18)14-5-6-14/h12-15H,5-11H2,1-4H3,(H,17,20)/t15-/m0/s1. The van der Waals surface area contributed by atoms with E-state index in [1.54, 1.807) is 0 Å². The van der Waals surface area contributed by atoms with Crippen molar-refractivity contribution in [2.45, 2.75) is 52.6 Å². The Morgan fingerprint density at radius 2 is 1.70 bits per heavy atom. The molecule has 0 aromatic heterocycles. The lowest BCUT2D eigenvalue weighted by atomic mass is 10.0. The molecular weight excluding hydrogens is 250 g/mol. The quantitative estimate of drug-likeness (QED) is 0.802. The van der Waals surface area contributed by atoms with Crippen LogP contribution in [0.2, 0.25) is 0 Å². The number of rotatable bonds is 6. The molecule has 0 radical (unpaired) electrons. The highest BCUT2D eigenvalue weighted by molar-refractivity contribution is 5.78. The van der Waals surface area contributed by atoms with Gasteiger partial charge in [0.1, 0.15) is 0 Å². The van der Waals surface area contributed by atoms with Crippen LogP contribution in [0.4, 0.5) is 0 Å². The van der Waals surface area contributed by atoms with Gasteiger partial charge >= 0.3 is 0 Å². The summed E-state index contributed by atoms with van der Waals surface area (Å²) < 4.78 is 0. The first-order valence-electron chi connectivity index (χ1n) is 8.24. The number of carbonyl (C=O) groups excluding carboxylic acids is 1. The fraction of sp³-hybridized carbons (Fsp3) is 0.938. The molecular formula is C16H31N3O. The van der Waals surface area contributed by atoms with Crippen molar-refractivity contribution in [2.75, 3.05) is 32.7 Å². The normalized spacial score (nSPS) is 23.3. The van der Waals surface area contributed by atoms with Gasteiger partial charge in [0.05, 0.1) is 0 Å². The molecule has 1 aliphatic carbocycles. The molecule has 1 heterocycles. The minimum Gasteiger partial charge on any atom is -0.352 e. The molecule has 1 saturated carbocycles. The number of nitrogens with zero attached hydrogens (tertiary/aromatic N) is 2. The summed E-state index contributed by atoms with van der Waals surface area (Å²) >= 11 is 0. The average molecular weight is 281 g/mol. The van der Waals surface area contributed by atoms with Crippen LogP contribution in [0, 0.1) is 11.8 Å². The van der Waals surface area contributed by atoms with E-state index in [0.29, 0.717) is 5.92 Å². The number of nitrogens with one attached hydrogen (secondary N) is 1. The van der Waals surface area contributed by atoms with Crippen molar-refractivity contribution in [1.29, 1.82) is 0 Å². The van der Waals surface area contributed by atoms with Crippen LogP contribution < -0.4 is 5.32 Å². The van der Waals surface area contributed by atoms with Gasteiger partial charge in [0, 0.05) is 50.7 Å². The van der Waals surface area contributed by atoms with Gasteiger partial charge in [-0.3, -0.25) is 14.6 Å².